The summed E-state index contributed by atoms with van der Waals surface area (Å²) < 4.78 is 14.5. The highest BCUT2D eigenvalue weighted by Crippen LogP contribution is 1.99. The first kappa shape index (κ1) is 19.1. The van der Waals surface area contributed by atoms with E-state index in [-0.39, 0.29) is 0 Å². The SMILES string of the molecule is CCCCOC(=O)/C=C\C(=O)OC(C)C(=O)OCCCC. The molecule has 6 heteroatoms. The molecular weight excluding hydrogens is 276 g/mol. The fraction of sp³-hybridized carbons (Fsp3) is 0.667. The quantitative estimate of drug-likeness (QED) is 0.266. The predicted octanol–water partition coefficient (Wildman–Crippen LogP) is 2.16. The van der Waals surface area contributed by atoms with Crippen molar-refractivity contribution >= 4 is 17.9 Å². The summed E-state index contributed by atoms with van der Waals surface area (Å²) in [6.45, 7) is 5.98. The van der Waals surface area contributed by atoms with Gasteiger partial charge in [0.25, 0.3) is 0 Å². The van der Waals surface area contributed by atoms with Crippen LogP contribution in [0, 0.1) is 0 Å². The Balaban J connectivity index is 4.00. The summed E-state index contributed by atoms with van der Waals surface area (Å²) in [6.07, 6.45) is 4.26. The molecule has 0 rings (SSSR count). The fourth-order valence-corrected chi connectivity index (χ4v) is 1.20. The largest absolute Gasteiger partial charge is 0.463 e. The van der Waals surface area contributed by atoms with E-state index in [2.05, 4.69) is 0 Å². The lowest BCUT2D eigenvalue weighted by Crippen LogP contribution is -2.26. The van der Waals surface area contributed by atoms with Crippen LogP contribution in [0.25, 0.3) is 0 Å². The zero-order valence-corrected chi connectivity index (χ0v) is 12.9. The maximum atomic E-state index is 11.5. The minimum Gasteiger partial charge on any atom is -0.463 e. The van der Waals surface area contributed by atoms with Gasteiger partial charge in [-0.3, -0.25) is 0 Å². The van der Waals surface area contributed by atoms with Crippen molar-refractivity contribution in [2.75, 3.05) is 13.2 Å². The molecule has 0 N–H and O–H groups in total. The van der Waals surface area contributed by atoms with Crippen LogP contribution in [0.4, 0.5) is 0 Å². The second-order valence-corrected chi connectivity index (χ2v) is 4.45. The van der Waals surface area contributed by atoms with Crippen LogP contribution in [0.2, 0.25) is 0 Å². The molecule has 0 heterocycles. The second-order valence-electron chi connectivity index (χ2n) is 4.45. The van der Waals surface area contributed by atoms with Crippen LogP contribution in [0.15, 0.2) is 12.2 Å². The number of carbonyl (C=O) groups is 3. The van der Waals surface area contributed by atoms with E-state index in [0.717, 1.165) is 37.8 Å². The molecular formula is C15H24O6. The summed E-state index contributed by atoms with van der Waals surface area (Å²) in [7, 11) is 0. The van der Waals surface area contributed by atoms with Gasteiger partial charge >= 0.3 is 17.9 Å². The third kappa shape index (κ3) is 10.6. The average Bonchev–Trinajstić information content (AvgIpc) is 2.45. The van der Waals surface area contributed by atoms with Gasteiger partial charge in [0.15, 0.2) is 6.10 Å². The van der Waals surface area contributed by atoms with Crippen molar-refractivity contribution in [3.05, 3.63) is 12.2 Å². The number of esters is 3. The molecule has 0 spiro atoms. The minimum absolute atomic E-state index is 0.302. The number of unbranched alkanes of at least 4 members (excludes halogenated alkanes) is 2. The zero-order valence-electron chi connectivity index (χ0n) is 12.9. The maximum absolute atomic E-state index is 11.5. The van der Waals surface area contributed by atoms with E-state index in [1.807, 2.05) is 13.8 Å². The summed E-state index contributed by atoms with van der Waals surface area (Å²) in [5.41, 5.74) is 0. The van der Waals surface area contributed by atoms with Gasteiger partial charge in [-0.1, -0.05) is 26.7 Å². The smallest absolute Gasteiger partial charge is 0.347 e. The Bertz CT molecular complexity index is 361. The molecule has 1 atom stereocenters. The summed E-state index contributed by atoms with van der Waals surface area (Å²) in [5.74, 6) is -2.00. The molecule has 0 aromatic rings. The van der Waals surface area contributed by atoms with Gasteiger partial charge in [-0.25, -0.2) is 14.4 Å². The lowest BCUT2D eigenvalue weighted by molar-refractivity contribution is -0.163. The van der Waals surface area contributed by atoms with E-state index >= 15 is 0 Å². The van der Waals surface area contributed by atoms with Crippen molar-refractivity contribution in [2.24, 2.45) is 0 Å². The minimum atomic E-state index is -1.00. The van der Waals surface area contributed by atoms with Gasteiger partial charge in [-0.2, -0.15) is 0 Å². The molecule has 0 aromatic carbocycles. The zero-order chi connectivity index (χ0) is 16.1. The number of hydrogen-bond acceptors (Lipinski definition) is 6. The molecule has 0 fully saturated rings. The summed E-state index contributed by atoms with van der Waals surface area (Å²) in [6, 6.07) is 0. The lowest BCUT2D eigenvalue weighted by Gasteiger charge is -2.11. The predicted molar refractivity (Wildman–Crippen MR) is 76.4 cm³/mol. The van der Waals surface area contributed by atoms with Gasteiger partial charge in [0, 0.05) is 12.2 Å². The molecule has 0 radical (unpaired) electrons. The highest BCUT2D eigenvalue weighted by Gasteiger charge is 2.17. The number of carbonyl (C=O) groups excluding carboxylic acids is 3. The molecule has 0 aliphatic heterocycles. The van der Waals surface area contributed by atoms with Crippen molar-refractivity contribution < 1.29 is 28.6 Å². The van der Waals surface area contributed by atoms with E-state index in [1.54, 1.807) is 0 Å². The van der Waals surface area contributed by atoms with Gasteiger partial charge in [0.05, 0.1) is 13.2 Å². The molecule has 0 amide bonds. The van der Waals surface area contributed by atoms with Gasteiger partial charge in [0.1, 0.15) is 0 Å². The van der Waals surface area contributed by atoms with Crippen molar-refractivity contribution in [3.63, 3.8) is 0 Å². The Morgan fingerprint density at radius 1 is 0.905 bits per heavy atom. The highest BCUT2D eigenvalue weighted by atomic mass is 16.6. The van der Waals surface area contributed by atoms with E-state index in [1.165, 1.54) is 6.92 Å². The van der Waals surface area contributed by atoms with Crippen LogP contribution in [-0.4, -0.2) is 37.2 Å². The number of hydrogen-bond donors (Lipinski definition) is 0. The molecule has 0 aliphatic rings. The first-order valence-corrected chi connectivity index (χ1v) is 7.23. The molecule has 0 aliphatic carbocycles. The Labute approximate surface area is 125 Å². The van der Waals surface area contributed by atoms with Crippen molar-refractivity contribution in [3.8, 4) is 0 Å². The highest BCUT2D eigenvalue weighted by molar-refractivity contribution is 5.92. The van der Waals surface area contributed by atoms with Crippen LogP contribution in [0.5, 0.6) is 0 Å². The number of ether oxygens (including phenoxy) is 3. The molecule has 21 heavy (non-hydrogen) atoms. The molecule has 6 nitrogen and oxygen atoms in total. The van der Waals surface area contributed by atoms with E-state index in [4.69, 9.17) is 14.2 Å². The first-order valence-electron chi connectivity index (χ1n) is 7.23. The van der Waals surface area contributed by atoms with Gasteiger partial charge in [-0.05, 0) is 19.8 Å². The topological polar surface area (TPSA) is 78.9 Å². The van der Waals surface area contributed by atoms with Crippen molar-refractivity contribution in [2.45, 2.75) is 52.6 Å². The van der Waals surface area contributed by atoms with E-state index < -0.39 is 24.0 Å². The van der Waals surface area contributed by atoms with E-state index in [9.17, 15) is 14.4 Å². The fourth-order valence-electron chi connectivity index (χ4n) is 1.20. The average molecular weight is 300 g/mol. The first-order chi connectivity index (χ1) is 10.0. The lowest BCUT2D eigenvalue weighted by atomic mass is 10.3. The normalized spacial score (nSPS) is 12.0. The van der Waals surface area contributed by atoms with Crippen LogP contribution in [-0.2, 0) is 28.6 Å². The van der Waals surface area contributed by atoms with Crippen LogP contribution in [0.1, 0.15) is 46.5 Å². The Hall–Kier alpha value is -1.85. The van der Waals surface area contributed by atoms with Crippen LogP contribution < -0.4 is 0 Å². The number of rotatable bonds is 10. The summed E-state index contributed by atoms with van der Waals surface area (Å²) in [4.78, 5) is 34.1. The third-order valence-corrected chi connectivity index (χ3v) is 2.46. The summed E-state index contributed by atoms with van der Waals surface area (Å²) >= 11 is 0. The van der Waals surface area contributed by atoms with Crippen molar-refractivity contribution in [1.29, 1.82) is 0 Å². The Morgan fingerprint density at radius 3 is 2.00 bits per heavy atom. The molecule has 0 saturated carbocycles. The maximum Gasteiger partial charge on any atom is 0.347 e. The van der Waals surface area contributed by atoms with Crippen LogP contribution in [0.3, 0.4) is 0 Å². The molecule has 0 bridgehead atoms. The van der Waals surface area contributed by atoms with Gasteiger partial charge in [0.2, 0.25) is 0 Å². The van der Waals surface area contributed by atoms with E-state index in [0.29, 0.717) is 13.2 Å². The Kier molecular flexibility index (Phi) is 10.9. The molecule has 0 saturated heterocycles. The second kappa shape index (κ2) is 11.9. The van der Waals surface area contributed by atoms with Crippen molar-refractivity contribution in [1.82, 2.24) is 0 Å². The molecule has 120 valence electrons. The molecule has 0 aromatic heterocycles. The summed E-state index contributed by atoms with van der Waals surface area (Å²) in [5, 5.41) is 0. The Morgan fingerprint density at radius 2 is 1.43 bits per heavy atom. The van der Waals surface area contributed by atoms with Gasteiger partial charge in [-0.15, -0.1) is 0 Å². The van der Waals surface area contributed by atoms with Gasteiger partial charge < -0.3 is 14.2 Å². The standard InChI is InChI=1S/C15H24O6/c1-4-6-10-19-13(16)8-9-14(17)21-12(3)15(18)20-11-7-5-2/h8-9,12H,4-7,10-11H2,1-3H3/b9-8-. The third-order valence-electron chi connectivity index (χ3n) is 2.46. The molecule has 1 unspecified atom stereocenters. The monoisotopic (exact) mass is 300 g/mol. The van der Waals surface area contributed by atoms with Crippen LogP contribution >= 0.6 is 0 Å².